The van der Waals surface area contributed by atoms with Crippen molar-refractivity contribution in [2.45, 2.75) is 13.3 Å². The highest BCUT2D eigenvalue weighted by atomic mass is 16.5. The maximum absolute atomic E-state index is 5.55. The second-order valence-corrected chi connectivity index (χ2v) is 3.38. The quantitative estimate of drug-likeness (QED) is 0.771. The van der Waals surface area contributed by atoms with Crippen LogP contribution in [-0.2, 0) is 0 Å². The molecule has 1 N–H and O–H groups in total. The summed E-state index contributed by atoms with van der Waals surface area (Å²) in [6, 6.07) is 8.14. The van der Waals surface area contributed by atoms with Crippen molar-refractivity contribution in [3.05, 3.63) is 35.9 Å². The van der Waals surface area contributed by atoms with Gasteiger partial charge in [0, 0.05) is 6.54 Å². The Bertz CT molecular complexity index is 307. The normalized spacial score (nSPS) is 10.8. The van der Waals surface area contributed by atoms with Crippen molar-refractivity contribution >= 4 is 6.08 Å². The second-order valence-electron chi connectivity index (χ2n) is 3.38. The Morgan fingerprint density at radius 2 is 2.27 bits per heavy atom. The molecule has 0 radical (unpaired) electrons. The van der Waals surface area contributed by atoms with Crippen LogP contribution < -0.4 is 10.1 Å². The zero-order valence-corrected chi connectivity index (χ0v) is 9.49. The number of benzene rings is 1. The van der Waals surface area contributed by atoms with Crippen LogP contribution in [0.2, 0.25) is 0 Å². The number of likely N-dealkylation sites (N-methyl/N-ethyl adjacent to an activating group) is 1. The van der Waals surface area contributed by atoms with Crippen molar-refractivity contribution in [1.29, 1.82) is 0 Å². The molecule has 0 atom stereocenters. The van der Waals surface area contributed by atoms with E-state index in [-0.39, 0.29) is 0 Å². The lowest BCUT2D eigenvalue weighted by Gasteiger charge is -2.04. The van der Waals surface area contributed by atoms with Crippen LogP contribution in [0.25, 0.3) is 6.08 Å². The smallest absolute Gasteiger partial charge is 0.119 e. The molecule has 82 valence electrons. The summed E-state index contributed by atoms with van der Waals surface area (Å²) in [6.45, 7) is 3.78. The van der Waals surface area contributed by atoms with Crippen molar-refractivity contribution < 1.29 is 4.74 Å². The van der Waals surface area contributed by atoms with Gasteiger partial charge in [-0.15, -0.1) is 0 Å². The molecular formula is C13H19NO. The summed E-state index contributed by atoms with van der Waals surface area (Å²) in [7, 11) is 1.94. The predicted octanol–water partition coefficient (Wildman–Crippen LogP) is 2.71. The maximum Gasteiger partial charge on any atom is 0.119 e. The highest BCUT2D eigenvalue weighted by Crippen LogP contribution is 2.14. The second kappa shape index (κ2) is 7.07. The first kappa shape index (κ1) is 11.8. The Balaban J connectivity index is 2.57. The van der Waals surface area contributed by atoms with Crippen LogP contribution in [0.5, 0.6) is 5.75 Å². The maximum atomic E-state index is 5.55. The lowest BCUT2D eigenvalue weighted by atomic mass is 10.2. The van der Waals surface area contributed by atoms with Crippen molar-refractivity contribution in [2.75, 3.05) is 20.2 Å². The summed E-state index contributed by atoms with van der Waals surface area (Å²) >= 11 is 0. The number of hydrogen-bond donors (Lipinski definition) is 1. The third kappa shape index (κ3) is 4.66. The summed E-state index contributed by atoms with van der Waals surface area (Å²) in [5, 5.41) is 3.07. The predicted molar refractivity (Wildman–Crippen MR) is 65.2 cm³/mol. The van der Waals surface area contributed by atoms with E-state index in [4.69, 9.17) is 4.74 Å². The van der Waals surface area contributed by atoms with Gasteiger partial charge in [0.1, 0.15) is 5.75 Å². The Morgan fingerprint density at radius 1 is 1.40 bits per heavy atom. The molecule has 0 aliphatic carbocycles. The summed E-state index contributed by atoms with van der Waals surface area (Å²) in [4.78, 5) is 0. The zero-order chi connectivity index (χ0) is 10.9. The average molecular weight is 205 g/mol. The molecule has 0 bridgehead atoms. The van der Waals surface area contributed by atoms with E-state index in [1.807, 2.05) is 19.2 Å². The van der Waals surface area contributed by atoms with E-state index in [9.17, 15) is 0 Å². The highest BCUT2D eigenvalue weighted by Gasteiger charge is 1.92. The average Bonchev–Trinajstić information content (AvgIpc) is 2.27. The summed E-state index contributed by atoms with van der Waals surface area (Å²) in [5.41, 5.74) is 1.18. The Hall–Kier alpha value is -1.28. The Kier molecular flexibility index (Phi) is 5.56. The van der Waals surface area contributed by atoms with Crippen LogP contribution in [0.3, 0.4) is 0 Å². The van der Waals surface area contributed by atoms with Gasteiger partial charge >= 0.3 is 0 Å². The third-order valence-corrected chi connectivity index (χ3v) is 1.96. The minimum atomic E-state index is 0.781. The van der Waals surface area contributed by atoms with Crippen molar-refractivity contribution in [2.24, 2.45) is 0 Å². The van der Waals surface area contributed by atoms with Gasteiger partial charge in [-0.3, -0.25) is 0 Å². The largest absolute Gasteiger partial charge is 0.494 e. The van der Waals surface area contributed by atoms with E-state index in [0.717, 1.165) is 25.3 Å². The first-order chi connectivity index (χ1) is 7.36. The first-order valence-electron chi connectivity index (χ1n) is 5.41. The Morgan fingerprint density at radius 3 is 3.00 bits per heavy atom. The summed E-state index contributed by atoms with van der Waals surface area (Å²) in [6.07, 6.45) is 5.23. The van der Waals surface area contributed by atoms with E-state index in [1.165, 1.54) is 5.56 Å². The molecule has 0 spiro atoms. The molecule has 0 unspecified atom stereocenters. The van der Waals surface area contributed by atoms with Gasteiger partial charge in [0.25, 0.3) is 0 Å². The molecule has 0 aliphatic rings. The molecule has 1 rings (SSSR count). The van der Waals surface area contributed by atoms with Crippen LogP contribution >= 0.6 is 0 Å². The van der Waals surface area contributed by atoms with E-state index in [1.54, 1.807) is 0 Å². The van der Waals surface area contributed by atoms with Crippen LogP contribution in [0, 0.1) is 0 Å². The van der Waals surface area contributed by atoms with Crippen LogP contribution in [-0.4, -0.2) is 20.2 Å². The fourth-order valence-electron chi connectivity index (χ4n) is 1.24. The van der Waals surface area contributed by atoms with Gasteiger partial charge in [0.2, 0.25) is 0 Å². The van der Waals surface area contributed by atoms with Crippen LogP contribution in [0.15, 0.2) is 30.3 Å². The molecule has 0 fully saturated rings. The molecular weight excluding hydrogens is 186 g/mol. The summed E-state index contributed by atoms with van der Waals surface area (Å²) in [5.74, 6) is 0.948. The first-order valence-corrected chi connectivity index (χ1v) is 5.41. The van der Waals surface area contributed by atoms with Gasteiger partial charge in [-0.1, -0.05) is 31.2 Å². The molecule has 1 aromatic rings. The highest BCUT2D eigenvalue weighted by molar-refractivity contribution is 5.51. The lowest BCUT2D eigenvalue weighted by molar-refractivity contribution is 0.317. The minimum Gasteiger partial charge on any atom is -0.494 e. The number of hydrogen-bond acceptors (Lipinski definition) is 2. The fraction of sp³-hybridized carbons (Fsp3) is 0.385. The van der Waals surface area contributed by atoms with Crippen molar-refractivity contribution in [3.63, 3.8) is 0 Å². The standard InChI is InChI=1S/C13H19NO/c1-3-10-15-13-8-4-6-12(11-13)7-5-9-14-2/h4-8,11,14H,3,9-10H2,1-2H3. The molecule has 15 heavy (non-hydrogen) atoms. The van der Waals surface area contributed by atoms with E-state index >= 15 is 0 Å². The monoisotopic (exact) mass is 205 g/mol. The zero-order valence-electron chi connectivity index (χ0n) is 9.49. The molecule has 2 nitrogen and oxygen atoms in total. The van der Waals surface area contributed by atoms with Gasteiger partial charge in [0.15, 0.2) is 0 Å². The summed E-state index contributed by atoms with van der Waals surface area (Å²) < 4.78 is 5.55. The molecule has 0 heterocycles. The van der Waals surface area contributed by atoms with Gasteiger partial charge < -0.3 is 10.1 Å². The lowest BCUT2D eigenvalue weighted by Crippen LogP contribution is -2.03. The fourth-order valence-corrected chi connectivity index (χ4v) is 1.24. The molecule has 1 aromatic carbocycles. The SMILES string of the molecule is CCCOc1cccc(C=CCNC)c1. The molecule has 0 saturated carbocycles. The van der Waals surface area contributed by atoms with Crippen molar-refractivity contribution in [1.82, 2.24) is 5.32 Å². The van der Waals surface area contributed by atoms with Gasteiger partial charge in [-0.25, -0.2) is 0 Å². The number of ether oxygens (including phenoxy) is 1. The van der Waals surface area contributed by atoms with E-state index < -0.39 is 0 Å². The van der Waals surface area contributed by atoms with Gasteiger partial charge in [-0.2, -0.15) is 0 Å². The Labute approximate surface area is 92.0 Å². The van der Waals surface area contributed by atoms with E-state index in [2.05, 4.69) is 36.5 Å². The number of nitrogens with one attached hydrogen (secondary N) is 1. The van der Waals surface area contributed by atoms with E-state index in [0.29, 0.717) is 0 Å². The minimum absolute atomic E-state index is 0.781. The molecule has 0 aliphatic heterocycles. The molecule has 0 aromatic heterocycles. The molecule has 0 amide bonds. The topological polar surface area (TPSA) is 21.3 Å². The molecule has 2 heteroatoms. The van der Waals surface area contributed by atoms with Gasteiger partial charge in [0.05, 0.1) is 6.61 Å². The van der Waals surface area contributed by atoms with Crippen LogP contribution in [0.1, 0.15) is 18.9 Å². The number of rotatable bonds is 6. The van der Waals surface area contributed by atoms with Gasteiger partial charge in [-0.05, 0) is 31.2 Å². The van der Waals surface area contributed by atoms with Crippen molar-refractivity contribution in [3.8, 4) is 5.75 Å². The van der Waals surface area contributed by atoms with Crippen LogP contribution in [0.4, 0.5) is 0 Å². The molecule has 0 saturated heterocycles. The third-order valence-electron chi connectivity index (χ3n) is 1.96.